The Morgan fingerprint density at radius 2 is 0.932 bits per heavy atom. The summed E-state index contributed by atoms with van der Waals surface area (Å²) in [7, 11) is 0. The molecule has 2 aromatic heterocycles. The molecule has 14 N–H and O–H groups in total. The van der Waals surface area contributed by atoms with Crippen LogP contribution in [0.2, 0.25) is 0 Å². The highest BCUT2D eigenvalue weighted by molar-refractivity contribution is 9.11. The number of halogens is 2. The molecule has 19 nitrogen and oxygen atoms in total. The molecule has 2 aromatic carbocycles. The van der Waals surface area contributed by atoms with Crippen LogP contribution in [-0.4, -0.2) is 193 Å². The molecule has 3 saturated heterocycles. The second kappa shape index (κ2) is 20.8. The monoisotopic (exact) mass is 952 g/mol. The summed E-state index contributed by atoms with van der Waals surface area (Å²) >= 11 is 6.85. The first kappa shape index (κ1) is 46.5. The lowest BCUT2D eigenvalue weighted by Crippen LogP contribution is -2.58. The molecular weight excluding hydrogens is 912 g/mol. The molecule has 3 aliphatic rings. The highest BCUT2D eigenvalue weighted by atomic mass is 79.9. The van der Waals surface area contributed by atoms with E-state index in [1.165, 1.54) is 6.20 Å². The Bertz CT molecular complexity index is 2070. The van der Waals surface area contributed by atoms with Crippen molar-refractivity contribution >= 4 is 53.7 Å². The molecule has 3 fully saturated rings. The molecule has 7 rings (SSSR count). The minimum atomic E-state index is -1.53. The molecule has 0 radical (unpaired) electrons. The van der Waals surface area contributed by atoms with Crippen LogP contribution in [0.15, 0.2) is 45.6 Å². The largest absolute Gasteiger partial charge is 0.394 e. The molecule has 59 heavy (non-hydrogen) atoms. The maximum atomic E-state index is 10.2. The lowest BCUT2D eigenvalue weighted by atomic mass is 9.95. The number of aromatic amines is 2. The molecule has 0 spiro atoms. The third kappa shape index (κ3) is 10.3. The third-order valence-electron chi connectivity index (χ3n) is 9.67. The predicted molar refractivity (Wildman–Crippen MR) is 211 cm³/mol. The zero-order valence-electron chi connectivity index (χ0n) is 30.6. The minimum absolute atomic E-state index is 0.455. The van der Waals surface area contributed by atoms with E-state index >= 15 is 0 Å². The zero-order chi connectivity index (χ0) is 43.1. The Morgan fingerprint density at radius 3 is 1.41 bits per heavy atom. The van der Waals surface area contributed by atoms with Gasteiger partial charge in [0.25, 0.3) is 0 Å². The fourth-order valence-corrected chi connectivity index (χ4v) is 7.06. The first-order valence-corrected chi connectivity index (χ1v) is 19.4. The molecule has 5 heterocycles. The summed E-state index contributed by atoms with van der Waals surface area (Å²) in [5, 5.41) is 130. The number of rotatable bonds is 3. The molecule has 318 valence electrons. The summed E-state index contributed by atoms with van der Waals surface area (Å²) in [6.45, 7) is -1.57. The number of nitrogens with one attached hydrogen (secondary N) is 2. The highest BCUT2D eigenvalue weighted by Crippen LogP contribution is 2.28. The average molecular weight is 955 g/mol. The average Bonchev–Trinajstić information content (AvgIpc) is 3.96. The standard InChI is InChI=1S/C23H26N2O10.C8H12O5.C7H4Br2N2/c26-8-15-20(30)22(32)18(28)13(34-15)5-3-10-1-2-11(17-12(10)7-24-25-17)4-6-14-19(29)23(33)21(31)16(9-27)35-14;1-2-4-6(10)8(12)7(11)5(3-9)13-4;8-5-1-2-6(9)7-4(5)3-10-11-7/h1-2,7,13-16,18-23,26-33H,8-9H2,(H,24,25);1,4-12H,3H2;1-3H,(H,10,11)/t13-,14-,15-,16-,18-,19-,20-,21-,22-,23-;4-,5-,6-,7-,8-;/m11./s1. The molecular formula is C38H42Br2N4O15. The van der Waals surface area contributed by atoms with Crippen molar-refractivity contribution in [3.8, 4) is 36.0 Å². The topological polar surface area (TPSA) is 328 Å². The molecule has 4 aromatic rings. The Balaban J connectivity index is 0.000000222. The van der Waals surface area contributed by atoms with Crippen LogP contribution in [0.3, 0.4) is 0 Å². The van der Waals surface area contributed by atoms with Gasteiger partial charge in [-0.2, -0.15) is 10.2 Å². The van der Waals surface area contributed by atoms with Crippen LogP contribution in [0.4, 0.5) is 0 Å². The van der Waals surface area contributed by atoms with Crippen molar-refractivity contribution in [1.82, 2.24) is 20.4 Å². The molecule has 3 aliphatic heterocycles. The summed E-state index contributed by atoms with van der Waals surface area (Å²) in [5.41, 5.74) is 2.49. The van der Waals surface area contributed by atoms with Crippen LogP contribution in [-0.2, 0) is 14.2 Å². The Morgan fingerprint density at radius 1 is 0.525 bits per heavy atom. The van der Waals surface area contributed by atoms with Gasteiger partial charge in [-0.05, 0) is 40.2 Å². The number of hydrogen-bond acceptors (Lipinski definition) is 17. The van der Waals surface area contributed by atoms with Gasteiger partial charge in [0.1, 0.15) is 91.6 Å². The van der Waals surface area contributed by atoms with E-state index in [4.69, 9.17) is 25.7 Å². The number of terminal acetylenes is 1. The van der Waals surface area contributed by atoms with Crippen LogP contribution < -0.4 is 0 Å². The van der Waals surface area contributed by atoms with E-state index in [2.05, 4.69) is 81.9 Å². The van der Waals surface area contributed by atoms with Crippen molar-refractivity contribution in [3.63, 3.8) is 0 Å². The number of nitrogens with zero attached hydrogens (tertiary/aromatic N) is 2. The van der Waals surface area contributed by atoms with Crippen molar-refractivity contribution in [2.75, 3.05) is 19.8 Å². The SMILES string of the molecule is Brc1ccc(Br)c2[nH]ncc12.C#C[C@H]1O[C@H](CO)[C@@H](O)[C@H](O)[C@@H]1O.OC[C@H]1O[C@H](C#Cc2ccc(C#C[C@H]3O[C@H](CO)[C@@H](O)[C@H](O)[C@@H]3O)c3[nH]ncc23)[C@@H](O)[C@@H](O)[C@@H]1O. The van der Waals surface area contributed by atoms with Crippen molar-refractivity contribution in [2.24, 2.45) is 0 Å². The molecule has 0 bridgehead atoms. The second-order valence-corrected chi connectivity index (χ2v) is 15.2. The number of H-pyrrole nitrogens is 2. The van der Waals surface area contributed by atoms with E-state index in [-0.39, 0.29) is 0 Å². The molecule has 0 saturated carbocycles. The predicted octanol–water partition coefficient (Wildman–Crippen LogP) is -3.50. The smallest absolute Gasteiger partial charge is 0.147 e. The normalized spacial score (nSPS) is 34.2. The van der Waals surface area contributed by atoms with Gasteiger partial charge in [-0.3, -0.25) is 10.2 Å². The van der Waals surface area contributed by atoms with E-state index in [0.717, 1.165) is 19.8 Å². The Hall–Kier alpha value is -3.58. The second-order valence-electron chi connectivity index (χ2n) is 13.5. The number of aliphatic hydroxyl groups excluding tert-OH is 12. The van der Waals surface area contributed by atoms with Crippen LogP contribution in [0.1, 0.15) is 11.1 Å². The van der Waals surface area contributed by atoms with Gasteiger partial charge in [-0.25, -0.2) is 0 Å². The summed E-state index contributed by atoms with van der Waals surface area (Å²) < 4.78 is 17.8. The minimum Gasteiger partial charge on any atom is -0.394 e. The van der Waals surface area contributed by atoms with Crippen molar-refractivity contribution in [1.29, 1.82) is 0 Å². The van der Waals surface area contributed by atoms with Gasteiger partial charge in [0.15, 0.2) is 0 Å². The van der Waals surface area contributed by atoms with Gasteiger partial charge in [0, 0.05) is 25.3 Å². The number of hydrogen-bond donors (Lipinski definition) is 14. The van der Waals surface area contributed by atoms with E-state index in [1.54, 1.807) is 18.3 Å². The summed E-state index contributed by atoms with van der Waals surface area (Å²) in [4.78, 5) is 0. The Kier molecular flexibility index (Phi) is 16.4. The summed E-state index contributed by atoms with van der Waals surface area (Å²) in [6.07, 6.45) is -11.1. The molecule has 21 heteroatoms. The number of ether oxygens (including phenoxy) is 3. The fraction of sp³-hybridized carbons (Fsp3) is 0.474. The van der Waals surface area contributed by atoms with Crippen LogP contribution >= 0.6 is 31.9 Å². The number of fused-ring (bicyclic) bond motifs is 2. The first-order chi connectivity index (χ1) is 28.2. The zero-order valence-corrected chi connectivity index (χ0v) is 33.7. The molecule has 0 unspecified atom stereocenters. The first-order valence-electron chi connectivity index (χ1n) is 17.8. The fourth-order valence-electron chi connectivity index (χ4n) is 6.20. The van der Waals surface area contributed by atoms with Crippen molar-refractivity contribution in [3.05, 3.63) is 56.7 Å². The number of aromatic nitrogens is 4. The quantitative estimate of drug-likeness (QED) is 0.0887. The van der Waals surface area contributed by atoms with Crippen LogP contribution in [0, 0.1) is 36.0 Å². The third-order valence-corrected chi connectivity index (χ3v) is 11.0. The summed E-state index contributed by atoms with van der Waals surface area (Å²) in [5.74, 6) is 13.2. The van der Waals surface area contributed by atoms with E-state index in [1.807, 2.05) is 12.1 Å². The van der Waals surface area contributed by atoms with E-state index in [9.17, 15) is 56.2 Å². The van der Waals surface area contributed by atoms with Crippen molar-refractivity contribution in [2.45, 2.75) is 91.6 Å². The van der Waals surface area contributed by atoms with E-state index in [0.29, 0.717) is 22.0 Å². The number of aliphatic hydroxyl groups is 12. The lowest BCUT2D eigenvalue weighted by molar-refractivity contribution is -0.214. The van der Waals surface area contributed by atoms with E-state index < -0.39 is 111 Å². The molecule has 0 aliphatic carbocycles. The van der Waals surface area contributed by atoms with Crippen molar-refractivity contribution < 1.29 is 75.5 Å². The highest BCUT2D eigenvalue weighted by Gasteiger charge is 2.44. The van der Waals surface area contributed by atoms with Gasteiger partial charge in [-0.1, -0.05) is 45.5 Å². The van der Waals surface area contributed by atoms with Crippen LogP contribution in [0.25, 0.3) is 21.8 Å². The van der Waals surface area contributed by atoms with Gasteiger partial charge in [0.05, 0.1) is 48.8 Å². The lowest BCUT2D eigenvalue weighted by Gasteiger charge is -2.37. The maximum absolute atomic E-state index is 10.2. The summed E-state index contributed by atoms with van der Waals surface area (Å²) in [6, 6.07) is 7.22. The van der Waals surface area contributed by atoms with Gasteiger partial charge in [-0.15, -0.1) is 6.42 Å². The van der Waals surface area contributed by atoms with Crippen LogP contribution in [0.5, 0.6) is 0 Å². The van der Waals surface area contributed by atoms with Gasteiger partial charge < -0.3 is 75.5 Å². The Labute approximate surface area is 352 Å². The molecule has 15 atom stereocenters. The number of benzene rings is 2. The van der Waals surface area contributed by atoms with Gasteiger partial charge in [0.2, 0.25) is 0 Å². The maximum Gasteiger partial charge on any atom is 0.147 e. The molecule has 0 amide bonds. The van der Waals surface area contributed by atoms with Gasteiger partial charge >= 0.3 is 0 Å².